The number of halogens is 4. The van der Waals surface area contributed by atoms with E-state index in [2.05, 4.69) is 24.8 Å². The molecule has 0 fully saturated rings. The average Bonchev–Trinajstić information content (AvgIpc) is 3.08. The molecule has 0 heterocycles. The number of allylic oxidation sites excluding steroid dienone is 3. The van der Waals surface area contributed by atoms with E-state index in [1.807, 2.05) is 20.2 Å². The van der Waals surface area contributed by atoms with Crippen molar-refractivity contribution in [1.29, 1.82) is 0 Å². The fourth-order valence-electron chi connectivity index (χ4n) is 5.02. The molecule has 3 N–H and O–H groups in total. The Labute approximate surface area is 236 Å². The molecule has 0 saturated carbocycles. The molecule has 39 heavy (non-hydrogen) atoms. The third kappa shape index (κ3) is 11.3. The molecule has 4 atom stereocenters. The summed E-state index contributed by atoms with van der Waals surface area (Å²) < 4.78 is 46.3. The van der Waals surface area contributed by atoms with E-state index in [1.165, 1.54) is 12.1 Å². The first-order chi connectivity index (χ1) is 18.3. The molecule has 0 amide bonds. The number of anilines is 1. The predicted octanol–water partition coefficient (Wildman–Crippen LogP) is 7.35. The topological polar surface area (TPSA) is 75.8 Å². The van der Waals surface area contributed by atoms with Crippen LogP contribution in [0.2, 0.25) is 5.02 Å². The highest BCUT2D eigenvalue weighted by Crippen LogP contribution is 2.38. The molecule has 220 valence electrons. The van der Waals surface area contributed by atoms with Crippen molar-refractivity contribution in [3.8, 4) is 0 Å². The van der Waals surface area contributed by atoms with E-state index < -0.39 is 29.8 Å². The lowest BCUT2D eigenvalue weighted by molar-refractivity contribution is -0.147. The molecular weight excluding hydrogens is 529 g/mol. The molecule has 0 spiro atoms. The molecule has 3 unspecified atom stereocenters. The summed E-state index contributed by atoms with van der Waals surface area (Å²) in [6.45, 7) is 4.31. The zero-order valence-electron chi connectivity index (χ0n) is 23.6. The van der Waals surface area contributed by atoms with Crippen LogP contribution >= 0.6 is 11.6 Å². The zero-order chi connectivity index (χ0) is 29.2. The number of aliphatic hydroxyl groups is 1. The van der Waals surface area contributed by atoms with Crippen LogP contribution in [-0.4, -0.2) is 48.3 Å². The number of hydrogen-bond donors (Lipinski definition) is 2. The van der Waals surface area contributed by atoms with Gasteiger partial charge in [-0.3, -0.25) is 4.79 Å². The Morgan fingerprint density at radius 3 is 2.64 bits per heavy atom. The number of alkyl halides is 3. The molecule has 0 bridgehead atoms. The number of aliphatic hydroxyl groups excluding tert-OH is 1. The van der Waals surface area contributed by atoms with Crippen molar-refractivity contribution in [2.45, 2.75) is 103 Å². The molecule has 0 radical (unpaired) electrons. The number of carbonyl (C=O) groups excluding carboxylic acids is 1. The Morgan fingerprint density at radius 1 is 1.28 bits per heavy atom. The molecule has 9 heteroatoms. The maximum atomic E-state index is 13.5. The van der Waals surface area contributed by atoms with Crippen LogP contribution in [0.1, 0.15) is 82.8 Å². The van der Waals surface area contributed by atoms with E-state index in [0.29, 0.717) is 12.0 Å². The minimum Gasteiger partial charge on any atom is -0.397 e. The minimum absolute atomic E-state index is 0.116. The SMILES string of the molecule is CCCC(C)CC/C=C/C(O)O[C@H](Cc1cc(Cl)c(N)c(C(F)(F)F)c1)C(=O)CC1=CCCC(N(C)C)CC1. The summed E-state index contributed by atoms with van der Waals surface area (Å²) in [6.07, 6.45) is 5.57. The van der Waals surface area contributed by atoms with Crippen molar-refractivity contribution >= 4 is 23.1 Å². The third-order valence-corrected chi connectivity index (χ3v) is 7.66. The largest absolute Gasteiger partial charge is 0.418 e. The summed E-state index contributed by atoms with van der Waals surface area (Å²) in [4.78, 5) is 15.6. The number of benzene rings is 1. The lowest BCUT2D eigenvalue weighted by Crippen LogP contribution is -2.31. The number of carbonyl (C=O) groups is 1. The summed E-state index contributed by atoms with van der Waals surface area (Å²) in [5.74, 6) is 0.264. The maximum Gasteiger partial charge on any atom is 0.418 e. The Kier molecular flexibility index (Phi) is 13.5. The van der Waals surface area contributed by atoms with Crippen molar-refractivity contribution in [3.63, 3.8) is 0 Å². The van der Waals surface area contributed by atoms with Gasteiger partial charge in [-0.1, -0.05) is 56.0 Å². The molecular formula is C30H44ClF3N2O3. The molecule has 0 saturated heterocycles. The minimum atomic E-state index is -4.70. The normalized spacial score (nSPS) is 19.1. The van der Waals surface area contributed by atoms with Gasteiger partial charge in [-0.15, -0.1) is 0 Å². The highest BCUT2D eigenvalue weighted by molar-refractivity contribution is 6.33. The monoisotopic (exact) mass is 572 g/mol. The summed E-state index contributed by atoms with van der Waals surface area (Å²) in [7, 11) is 4.08. The Bertz CT molecular complexity index is 994. The van der Waals surface area contributed by atoms with Crippen molar-refractivity contribution in [3.05, 3.63) is 52.1 Å². The molecule has 0 aliphatic heterocycles. The molecule has 1 aromatic carbocycles. The molecule has 2 rings (SSSR count). The van der Waals surface area contributed by atoms with Gasteiger partial charge < -0.3 is 20.5 Å². The molecule has 1 aliphatic rings. The maximum absolute atomic E-state index is 13.5. The first kappa shape index (κ1) is 33.3. The smallest absolute Gasteiger partial charge is 0.397 e. The molecule has 0 aromatic heterocycles. The lowest BCUT2D eigenvalue weighted by atomic mass is 9.96. The summed E-state index contributed by atoms with van der Waals surface area (Å²) in [5, 5.41) is 10.3. The van der Waals surface area contributed by atoms with E-state index in [0.717, 1.165) is 63.0 Å². The number of ketones is 1. The fourth-order valence-corrected chi connectivity index (χ4v) is 5.26. The van der Waals surface area contributed by atoms with Crippen molar-refractivity contribution in [2.75, 3.05) is 19.8 Å². The second-order valence-electron chi connectivity index (χ2n) is 10.9. The van der Waals surface area contributed by atoms with Crippen LogP contribution in [0.3, 0.4) is 0 Å². The van der Waals surface area contributed by atoms with E-state index in [4.69, 9.17) is 22.1 Å². The van der Waals surface area contributed by atoms with Gasteiger partial charge >= 0.3 is 6.18 Å². The van der Waals surface area contributed by atoms with E-state index >= 15 is 0 Å². The van der Waals surface area contributed by atoms with Gasteiger partial charge in [-0.25, -0.2) is 0 Å². The third-order valence-electron chi connectivity index (χ3n) is 7.35. The second-order valence-corrected chi connectivity index (χ2v) is 11.3. The Balaban J connectivity index is 2.20. The van der Waals surface area contributed by atoms with Gasteiger partial charge in [-0.05, 0) is 82.3 Å². The van der Waals surface area contributed by atoms with Crippen LogP contribution in [-0.2, 0) is 22.1 Å². The van der Waals surface area contributed by atoms with Gasteiger partial charge in [0.2, 0.25) is 0 Å². The number of hydrogen-bond acceptors (Lipinski definition) is 5. The van der Waals surface area contributed by atoms with Gasteiger partial charge in [0.05, 0.1) is 16.3 Å². The summed E-state index contributed by atoms with van der Waals surface area (Å²) in [5.41, 5.74) is 5.11. The Hall–Kier alpha value is -1.87. The molecule has 5 nitrogen and oxygen atoms in total. The first-order valence-corrected chi connectivity index (χ1v) is 14.2. The standard InChI is InChI=1S/C30H44ClF3N2O3/c1-5-9-20(2)10-6-7-13-28(38)39-27(19-22-16-24(30(32,33)34)29(35)25(31)17-22)26(37)18-21-11-8-12-23(15-14-21)36(3)4/h7,11,13,16-17,20,23,27-28,38H,5-6,8-10,12,14-15,18-19,35H2,1-4H3/b13-7+/t20?,23?,27-,28?/m1/s1. The second kappa shape index (κ2) is 15.8. The van der Waals surface area contributed by atoms with Crippen molar-refractivity contribution in [2.24, 2.45) is 5.92 Å². The van der Waals surface area contributed by atoms with Crippen LogP contribution in [0.5, 0.6) is 0 Å². The quantitative estimate of drug-likeness (QED) is 0.138. The number of nitrogen functional groups attached to an aromatic ring is 1. The van der Waals surface area contributed by atoms with Crippen LogP contribution in [0.15, 0.2) is 35.9 Å². The lowest BCUT2D eigenvalue weighted by Gasteiger charge is -2.23. The fraction of sp³-hybridized carbons (Fsp3) is 0.633. The summed E-state index contributed by atoms with van der Waals surface area (Å²) in [6, 6.07) is 2.64. The van der Waals surface area contributed by atoms with Gasteiger partial charge in [0.1, 0.15) is 6.10 Å². The van der Waals surface area contributed by atoms with Crippen LogP contribution in [0.25, 0.3) is 0 Å². The highest BCUT2D eigenvalue weighted by atomic mass is 35.5. The van der Waals surface area contributed by atoms with Crippen LogP contribution < -0.4 is 5.73 Å². The summed E-state index contributed by atoms with van der Waals surface area (Å²) >= 11 is 6.01. The first-order valence-electron chi connectivity index (χ1n) is 13.8. The van der Waals surface area contributed by atoms with E-state index in [-0.39, 0.29) is 29.2 Å². The number of nitrogens with two attached hydrogens (primary N) is 1. The van der Waals surface area contributed by atoms with Crippen LogP contribution in [0, 0.1) is 5.92 Å². The molecule has 1 aromatic rings. The van der Waals surface area contributed by atoms with E-state index in [9.17, 15) is 23.1 Å². The van der Waals surface area contributed by atoms with Crippen molar-refractivity contribution < 1.29 is 27.8 Å². The molecule has 1 aliphatic carbocycles. The van der Waals surface area contributed by atoms with Crippen molar-refractivity contribution in [1.82, 2.24) is 4.90 Å². The van der Waals surface area contributed by atoms with Crippen LogP contribution in [0.4, 0.5) is 18.9 Å². The van der Waals surface area contributed by atoms with Gasteiger partial charge in [0, 0.05) is 18.9 Å². The predicted molar refractivity (Wildman–Crippen MR) is 152 cm³/mol. The Morgan fingerprint density at radius 2 is 2.00 bits per heavy atom. The zero-order valence-corrected chi connectivity index (χ0v) is 24.3. The van der Waals surface area contributed by atoms with Gasteiger partial charge in [0.15, 0.2) is 12.1 Å². The van der Waals surface area contributed by atoms with Gasteiger partial charge in [-0.2, -0.15) is 13.2 Å². The van der Waals surface area contributed by atoms with Gasteiger partial charge in [0.25, 0.3) is 0 Å². The number of Topliss-reactive ketones (excluding diaryl/α,β-unsaturated/α-hetero) is 1. The highest BCUT2D eigenvalue weighted by Gasteiger charge is 2.35. The average molecular weight is 573 g/mol. The number of rotatable bonds is 14. The number of ether oxygens (including phenoxy) is 1. The van der Waals surface area contributed by atoms with E-state index in [1.54, 1.807) is 0 Å². The number of nitrogens with zero attached hydrogens (tertiary/aromatic N) is 1.